The van der Waals surface area contributed by atoms with Gasteiger partial charge in [0.05, 0.1) is 15.4 Å². The van der Waals surface area contributed by atoms with Gasteiger partial charge < -0.3 is 10.2 Å². The number of nitrogens with one attached hydrogen (secondary N) is 1. The Balaban J connectivity index is 2.15. The van der Waals surface area contributed by atoms with Crippen LogP contribution < -0.4 is 10.2 Å². The lowest BCUT2D eigenvalue weighted by molar-refractivity contribution is 0.148. The SMILES string of the molecule is Cc1cccc(S(=O)(=O)c2cccc(N3CCNCC3)c2C(F)F)c1. The molecule has 1 heterocycles. The third-order valence-corrected chi connectivity index (χ3v) is 6.12. The maximum absolute atomic E-state index is 13.9. The standard InChI is InChI=1S/C18H20F2N2O2S/c1-13-4-2-5-14(12-13)25(23,24)16-7-3-6-15(17(16)18(19)20)22-10-8-21-9-11-22/h2-7,12,18,21H,8-11H2,1H3. The smallest absolute Gasteiger partial charge is 0.267 e. The van der Waals surface area contributed by atoms with E-state index in [4.69, 9.17) is 0 Å². The lowest BCUT2D eigenvalue weighted by Gasteiger charge is -2.31. The fourth-order valence-electron chi connectivity index (χ4n) is 3.08. The van der Waals surface area contributed by atoms with Gasteiger partial charge in [0.1, 0.15) is 0 Å². The van der Waals surface area contributed by atoms with Gasteiger partial charge in [0.2, 0.25) is 9.84 Å². The molecule has 134 valence electrons. The number of sulfone groups is 1. The molecule has 0 aliphatic carbocycles. The minimum atomic E-state index is -4.02. The Bertz CT molecular complexity index is 863. The Morgan fingerprint density at radius 3 is 2.40 bits per heavy atom. The van der Waals surface area contributed by atoms with Gasteiger partial charge in [0, 0.05) is 31.9 Å². The molecule has 0 atom stereocenters. The zero-order chi connectivity index (χ0) is 18.0. The maximum atomic E-state index is 13.9. The highest BCUT2D eigenvalue weighted by Crippen LogP contribution is 2.37. The average Bonchev–Trinajstić information content (AvgIpc) is 2.61. The molecule has 0 amide bonds. The van der Waals surface area contributed by atoms with Gasteiger partial charge in [-0.2, -0.15) is 0 Å². The molecule has 1 N–H and O–H groups in total. The molecule has 0 saturated carbocycles. The van der Waals surface area contributed by atoms with E-state index >= 15 is 0 Å². The molecule has 0 aromatic heterocycles. The van der Waals surface area contributed by atoms with Crippen molar-refractivity contribution in [3.8, 4) is 0 Å². The van der Waals surface area contributed by atoms with Gasteiger partial charge in [-0.3, -0.25) is 0 Å². The average molecular weight is 366 g/mol. The Morgan fingerprint density at radius 1 is 1.08 bits per heavy atom. The van der Waals surface area contributed by atoms with Crippen LogP contribution >= 0.6 is 0 Å². The van der Waals surface area contributed by atoms with Gasteiger partial charge in [-0.05, 0) is 36.8 Å². The van der Waals surface area contributed by atoms with E-state index in [0.29, 0.717) is 31.9 Å². The van der Waals surface area contributed by atoms with Crippen LogP contribution in [0.5, 0.6) is 0 Å². The Labute approximate surface area is 146 Å². The summed E-state index contributed by atoms with van der Waals surface area (Å²) < 4.78 is 53.7. The van der Waals surface area contributed by atoms with Crippen LogP contribution in [0.15, 0.2) is 52.3 Å². The second-order valence-corrected chi connectivity index (χ2v) is 7.96. The van der Waals surface area contributed by atoms with E-state index < -0.39 is 21.8 Å². The minimum Gasteiger partial charge on any atom is -0.369 e. The quantitative estimate of drug-likeness (QED) is 0.903. The van der Waals surface area contributed by atoms with Crippen molar-refractivity contribution in [3.05, 3.63) is 53.6 Å². The first-order chi connectivity index (χ1) is 11.9. The molecule has 4 nitrogen and oxygen atoms in total. The molecular weight excluding hydrogens is 346 g/mol. The fourth-order valence-corrected chi connectivity index (χ4v) is 4.67. The summed E-state index contributed by atoms with van der Waals surface area (Å²) in [5.41, 5.74) is 0.647. The van der Waals surface area contributed by atoms with E-state index in [1.54, 1.807) is 25.1 Å². The summed E-state index contributed by atoms with van der Waals surface area (Å²) in [6.45, 7) is 4.25. The van der Waals surface area contributed by atoms with Gasteiger partial charge in [-0.25, -0.2) is 17.2 Å². The van der Waals surface area contributed by atoms with Crippen molar-refractivity contribution in [2.45, 2.75) is 23.1 Å². The predicted molar refractivity (Wildman–Crippen MR) is 93.1 cm³/mol. The number of hydrogen-bond donors (Lipinski definition) is 1. The maximum Gasteiger partial charge on any atom is 0.267 e. The van der Waals surface area contributed by atoms with Crippen LogP contribution in [0, 0.1) is 6.92 Å². The third-order valence-electron chi connectivity index (χ3n) is 4.31. The van der Waals surface area contributed by atoms with Gasteiger partial charge in [-0.1, -0.05) is 18.2 Å². The summed E-state index contributed by atoms with van der Waals surface area (Å²) in [5, 5.41) is 3.16. The minimum absolute atomic E-state index is 0.0341. The summed E-state index contributed by atoms with van der Waals surface area (Å²) in [6.07, 6.45) is -2.87. The van der Waals surface area contributed by atoms with Crippen LogP contribution in [0.1, 0.15) is 17.6 Å². The predicted octanol–water partition coefficient (Wildman–Crippen LogP) is 3.18. The van der Waals surface area contributed by atoms with Crippen molar-refractivity contribution in [1.29, 1.82) is 0 Å². The van der Waals surface area contributed by atoms with Gasteiger partial charge in [-0.15, -0.1) is 0 Å². The number of halogens is 2. The first-order valence-electron chi connectivity index (χ1n) is 8.10. The largest absolute Gasteiger partial charge is 0.369 e. The summed E-state index contributed by atoms with van der Waals surface area (Å²) in [7, 11) is -4.02. The molecule has 2 aromatic carbocycles. The number of rotatable bonds is 4. The molecule has 7 heteroatoms. The molecule has 1 aliphatic heterocycles. The van der Waals surface area contributed by atoms with Crippen LogP contribution in [0.4, 0.5) is 14.5 Å². The van der Waals surface area contributed by atoms with E-state index in [9.17, 15) is 17.2 Å². The number of piperazine rings is 1. The second kappa shape index (κ2) is 7.09. The number of alkyl halides is 2. The highest BCUT2D eigenvalue weighted by molar-refractivity contribution is 7.91. The van der Waals surface area contributed by atoms with Gasteiger partial charge in [0.15, 0.2) is 0 Å². The highest BCUT2D eigenvalue weighted by Gasteiger charge is 2.29. The molecule has 0 bridgehead atoms. The van der Waals surface area contributed by atoms with Gasteiger partial charge >= 0.3 is 0 Å². The number of aryl methyl sites for hydroxylation is 1. The van der Waals surface area contributed by atoms with Crippen molar-refractivity contribution in [2.75, 3.05) is 31.1 Å². The van der Waals surface area contributed by atoms with E-state index in [2.05, 4.69) is 5.32 Å². The van der Waals surface area contributed by atoms with Crippen molar-refractivity contribution < 1.29 is 17.2 Å². The van der Waals surface area contributed by atoms with E-state index in [-0.39, 0.29) is 9.79 Å². The molecule has 0 radical (unpaired) electrons. The molecule has 2 aromatic rings. The topological polar surface area (TPSA) is 49.4 Å². The molecule has 0 spiro atoms. The second-order valence-electron chi connectivity index (χ2n) is 6.05. The van der Waals surface area contributed by atoms with Crippen LogP contribution in [-0.2, 0) is 9.84 Å². The zero-order valence-electron chi connectivity index (χ0n) is 13.9. The Kier molecular flexibility index (Phi) is 5.06. The first kappa shape index (κ1) is 17.8. The Morgan fingerprint density at radius 2 is 1.76 bits per heavy atom. The van der Waals surface area contributed by atoms with Crippen molar-refractivity contribution in [2.24, 2.45) is 0 Å². The molecule has 1 fully saturated rings. The summed E-state index contributed by atoms with van der Waals surface area (Å²) >= 11 is 0. The van der Waals surface area contributed by atoms with Crippen LogP contribution in [0.2, 0.25) is 0 Å². The monoisotopic (exact) mass is 366 g/mol. The number of benzene rings is 2. The molecular formula is C18H20F2N2O2S. The third kappa shape index (κ3) is 3.52. The summed E-state index contributed by atoms with van der Waals surface area (Å²) in [6, 6.07) is 10.7. The van der Waals surface area contributed by atoms with E-state index in [1.807, 2.05) is 4.90 Å². The van der Waals surface area contributed by atoms with Crippen LogP contribution in [-0.4, -0.2) is 34.6 Å². The Hall–Kier alpha value is -1.99. The lowest BCUT2D eigenvalue weighted by Crippen LogP contribution is -2.44. The zero-order valence-corrected chi connectivity index (χ0v) is 14.7. The van der Waals surface area contributed by atoms with Crippen molar-refractivity contribution >= 4 is 15.5 Å². The lowest BCUT2D eigenvalue weighted by atomic mass is 10.1. The normalized spacial score (nSPS) is 15.6. The van der Waals surface area contributed by atoms with Crippen LogP contribution in [0.3, 0.4) is 0 Å². The molecule has 0 unspecified atom stereocenters. The number of hydrogen-bond acceptors (Lipinski definition) is 4. The molecule has 1 aliphatic rings. The first-order valence-corrected chi connectivity index (χ1v) is 9.58. The summed E-state index contributed by atoms with van der Waals surface area (Å²) in [4.78, 5) is 1.53. The molecule has 1 saturated heterocycles. The molecule has 25 heavy (non-hydrogen) atoms. The summed E-state index contributed by atoms with van der Waals surface area (Å²) in [5.74, 6) is 0. The highest BCUT2D eigenvalue weighted by atomic mass is 32.2. The number of anilines is 1. The fraction of sp³-hybridized carbons (Fsp3) is 0.333. The number of nitrogens with zero attached hydrogens (tertiary/aromatic N) is 1. The van der Waals surface area contributed by atoms with Crippen LogP contribution in [0.25, 0.3) is 0 Å². The van der Waals surface area contributed by atoms with E-state index in [1.165, 1.54) is 24.3 Å². The van der Waals surface area contributed by atoms with Crippen molar-refractivity contribution in [3.63, 3.8) is 0 Å². The van der Waals surface area contributed by atoms with E-state index in [0.717, 1.165) is 5.56 Å². The van der Waals surface area contributed by atoms with Crippen molar-refractivity contribution in [1.82, 2.24) is 5.32 Å². The molecule has 3 rings (SSSR count). The van der Waals surface area contributed by atoms with Gasteiger partial charge in [0.25, 0.3) is 6.43 Å².